The maximum atomic E-state index is 9.61. The average molecular weight is 213 g/mol. The molecule has 1 aromatic rings. The second-order valence-corrected chi connectivity index (χ2v) is 3.06. The number of rotatable bonds is 4. The third-order valence-electron chi connectivity index (χ3n) is 2.13. The molecule has 0 amide bonds. The van der Waals surface area contributed by atoms with Crippen molar-refractivity contribution in [2.75, 3.05) is 20.8 Å². The molecular weight excluding hydrogens is 198 g/mol. The van der Waals surface area contributed by atoms with Crippen molar-refractivity contribution in [2.45, 2.75) is 6.04 Å². The molecule has 5 heteroatoms. The summed E-state index contributed by atoms with van der Waals surface area (Å²) in [5, 5.41) is 18.5. The second-order valence-electron chi connectivity index (χ2n) is 3.06. The van der Waals surface area contributed by atoms with Crippen molar-refractivity contribution in [2.24, 2.45) is 5.73 Å². The molecule has 15 heavy (non-hydrogen) atoms. The first-order valence-corrected chi connectivity index (χ1v) is 4.45. The molecule has 1 aromatic carbocycles. The standard InChI is InChI=1S/C10H15NO4/c1-14-8-3-6(7(11)5-12)4-9(15-2)10(8)13/h3-4,7,12-13H,5,11H2,1-2H3. The van der Waals surface area contributed by atoms with Crippen molar-refractivity contribution in [3.63, 3.8) is 0 Å². The van der Waals surface area contributed by atoms with E-state index in [0.717, 1.165) is 0 Å². The molecule has 0 heterocycles. The Kier molecular flexibility index (Phi) is 3.76. The van der Waals surface area contributed by atoms with Gasteiger partial charge in [-0.15, -0.1) is 0 Å². The van der Waals surface area contributed by atoms with Gasteiger partial charge in [0, 0.05) is 0 Å². The van der Waals surface area contributed by atoms with Crippen LogP contribution in [0.3, 0.4) is 0 Å². The van der Waals surface area contributed by atoms with Crippen LogP contribution in [0.2, 0.25) is 0 Å². The van der Waals surface area contributed by atoms with Gasteiger partial charge in [-0.1, -0.05) is 0 Å². The van der Waals surface area contributed by atoms with Crippen molar-refractivity contribution < 1.29 is 19.7 Å². The Balaban J connectivity index is 3.20. The Bertz CT molecular complexity index is 315. The van der Waals surface area contributed by atoms with E-state index in [2.05, 4.69) is 0 Å². The first-order chi connectivity index (χ1) is 7.13. The van der Waals surface area contributed by atoms with E-state index in [1.165, 1.54) is 14.2 Å². The third-order valence-corrected chi connectivity index (χ3v) is 2.13. The van der Waals surface area contributed by atoms with E-state index in [1.807, 2.05) is 0 Å². The Morgan fingerprint density at radius 2 is 1.73 bits per heavy atom. The summed E-state index contributed by atoms with van der Waals surface area (Å²) in [6, 6.07) is 2.62. The molecular formula is C10H15NO4. The van der Waals surface area contributed by atoms with Gasteiger partial charge in [0.15, 0.2) is 11.5 Å². The zero-order valence-corrected chi connectivity index (χ0v) is 8.73. The van der Waals surface area contributed by atoms with Gasteiger partial charge >= 0.3 is 0 Å². The monoisotopic (exact) mass is 213 g/mol. The molecule has 0 aliphatic rings. The zero-order valence-electron chi connectivity index (χ0n) is 8.73. The number of aliphatic hydroxyl groups excluding tert-OH is 1. The summed E-state index contributed by atoms with van der Waals surface area (Å²) < 4.78 is 9.91. The highest BCUT2D eigenvalue weighted by atomic mass is 16.5. The van der Waals surface area contributed by atoms with Gasteiger partial charge in [-0.05, 0) is 17.7 Å². The molecule has 0 fully saturated rings. The number of hydrogen-bond donors (Lipinski definition) is 3. The second kappa shape index (κ2) is 4.86. The molecule has 1 rings (SSSR count). The van der Waals surface area contributed by atoms with Crippen molar-refractivity contribution >= 4 is 0 Å². The topological polar surface area (TPSA) is 84.9 Å². The summed E-state index contributed by atoms with van der Waals surface area (Å²) >= 11 is 0. The SMILES string of the molecule is COc1cc(C(N)CO)cc(OC)c1O. The van der Waals surface area contributed by atoms with E-state index in [9.17, 15) is 5.11 Å². The van der Waals surface area contributed by atoms with Crippen LogP contribution in [0, 0.1) is 0 Å². The molecule has 0 spiro atoms. The van der Waals surface area contributed by atoms with Crippen LogP contribution in [-0.2, 0) is 0 Å². The number of aliphatic hydroxyl groups is 1. The number of ether oxygens (including phenoxy) is 2. The summed E-state index contributed by atoms with van der Waals surface area (Å²) in [5.74, 6) is 0.468. The normalized spacial score (nSPS) is 12.3. The molecule has 0 aliphatic heterocycles. The summed E-state index contributed by atoms with van der Waals surface area (Å²) in [6.45, 7) is -0.183. The van der Waals surface area contributed by atoms with E-state index < -0.39 is 6.04 Å². The van der Waals surface area contributed by atoms with E-state index in [0.29, 0.717) is 5.56 Å². The maximum absolute atomic E-state index is 9.61. The summed E-state index contributed by atoms with van der Waals surface area (Å²) in [4.78, 5) is 0. The lowest BCUT2D eigenvalue weighted by Crippen LogP contribution is -2.14. The smallest absolute Gasteiger partial charge is 0.200 e. The van der Waals surface area contributed by atoms with E-state index in [1.54, 1.807) is 12.1 Å². The van der Waals surface area contributed by atoms with Gasteiger partial charge in [-0.25, -0.2) is 0 Å². The number of phenolic OH excluding ortho intramolecular Hbond substituents is 1. The zero-order chi connectivity index (χ0) is 11.4. The highest BCUT2D eigenvalue weighted by molar-refractivity contribution is 5.53. The van der Waals surface area contributed by atoms with E-state index in [4.69, 9.17) is 20.3 Å². The van der Waals surface area contributed by atoms with Gasteiger partial charge in [-0.3, -0.25) is 0 Å². The van der Waals surface area contributed by atoms with Crippen molar-refractivity contribution in [3.05, 3.63) is 17.7 Å². The Morgan fingerprint density at radius 3 is 2.07 bits per heavy atom. The van der Waals surface area contributed by atoms with Gasteiger partial charge in [-0.2, -0.15) is 0 Å². The number of phenols is 1. The Morgan fingerprint density at radius 1 is 1.27 bits per heavy atom. The number of methoxy groups -OCH3 is 2. The van der Waals surface area contributed by atoms with Crippen molar-refractivity contribution in [1.29, 1.82) is 0 Å². The lowest BCUT2D eigenvalue weighted by Gasteiger charge is -2.14. The minimum Gasteiger partial charge on any atom is -0.502 e. The highest BCUT2D eigenvalue weighted by Gasteiger charge is 2.14. The first-order valence-electron chi connectivity index (χ1n) is 4.45. The summed E-state index contributed by atoms with van der Waals surface area (Å²) in [7, 11) is 2.87. The lowest BCUT2D eigenvalue weighted by atomic mass is 10.1. The molecule has 0 saturated carbocycles. The molecule has 1 atom stereocenters. The van der Waals surface area contributed by atoms with Crippen LogP contribution in [-0.4, -0.2) is 31.0 Å². The fourth-order valence-electron chi connectivity index (χ4n) is 1.23. The van der Waals surface area contributed by atoms with Crippen LogP contribution < -0.4 is 15.2 Å². The van der Waals surface area contributed by atoms with Crippen LogP contribution in [0.5, 0.6) is 17.2 Å². The molecule has 0 radical (unpaired) electrons. The van der Waals surface area contributed by atoms with Crippen LogP contribution >= 0.6 is 0 Å². The molecule has 0 aliphatic carbocycles. The minimum absolute atomic E-state index is 0.0751. The Hall–Kier alpha value is -1.46. The van der Waals surface area contributed by atoms with Crippen molar-refractivity contribution in [1.82, 2.24) is 0 Å². The molecule has 0 bridgehead atoms. The lowest BCUT2D eigenvalue weighted by molar-refractivity contribution is 0.266. The van der Waals surface area contributed by atoms with Crippen molar-refractivity contribution in [3.8, 4) is 17.2 Å². The largest absolute Gasteiger partial charge is 0.502 e. The molecule has 1 unspecified atom stereocenters. The summed E-state index contributed by atoms with van der Waals surface area (Å²) in [5.41, 5.74) is 6.29. The van der Waals surface area contributed by atoms with Gasteiger partial charge in [0.2, 0.25) is 5.75 Å². The third kappa shape index (κ3) is 2.31. The number of hydrogen-bond acceptors (Lipinski definition) is 5. The van der Waals surface area contributed by atoms with Gasteiger partial charge in [0.05, 0.1) is 26.9 Å². The Labute approximate surface area is 88.0 Å². The van der Waals surface area contributed by atoms with Gasteiger partial charge in [0.25, 0.3) is 0 Å². The fourth-order valence-corrected chi connectivity index (χ4v) is 1.23. The van der Waals surface area contributed by atoms with Crippen LogP contribution in [0.1, 0.15) is 11.6 Å². The molecule has 4 N–H and O–H groups in total. The molecule has 0 saturated heterocycles. The van der Waals surface area contributed by atoms with Crippen LogP contribution in [0.25, 0.3) is 0 Å². The predicted octanol–water partition coefficient (Wildman–Crippen LogP) is 0.402. The van der Waals surface area contributed by atoms with Crippen LogP contribution in [0.4, 0.5) is 0 Å². The molecule has 0 aromatic heterocycles. The maximum Gasteiger partial charge on any atom is 0.200 e. The molecule has 5 nitrogen and oxygen atoms in total. The summed E-state index contributed by atoms with van der Waals surface area (Å²) in [6.07, 6.45) is 0. The first kappa shape index (κ1) is 11.6. The van der Waals surface area contributed by atoms with Gasteiger partial charge < -0.3 is 25.4 Å². The minimum atomic E-state index is -0.520. The quantitative estimate of drug-likeness (QED) is 0.674. The predicted molar refractivity (Wildman–Crippen MR) is 55.2 cm³/mol. The fraction of sp³-hybridized carbons (Fsp3) is 0.400. The van der Waals surface area contributed by atoms with E-state index >= 15 is 0 Å². The van der Waals surface area contributed by atoms with E-state index in [-0.39, 0.29) is 23.9 Å². The molecule has 84 valence electrons. The average Bonchev–Trinajstić information content (AvgIpc) is 2.28. The number of aromatic hydroxyl groups is 1. The number of benzene rings is 1. The van der Waals surface area contributed by atoms with Gasteiger partial charge in [0.1, 0.15) is 0 Å². The van der Waals surface area contributed by atoms with Crippen LogP contribution in [0.15, 0.2) is 12.1 Å². The highest BCUT2D eigenvalue weighted by Crippen LogP contribution is 2.38. The number of nitrogens with two attached hydrogens (primary N) is 1.